The topological polar surface area (TPSA) is 110 Å². The normalized spacial score (nSPS) is 13.6. The summed E-state index contributed by atoms with van der Waals surface area (Å²) in [7, 11) is 0. The van der Waals surface area contributed by atoms with Gasteiger partial charge in [-0.1, -0.05) is 17.7 Å². The van der Waals surface area contributed by atoms with Crippen LogP contribution in [0.4, 0.5) is 19.0 Å². The number of carbonyl (C=O) groups is 1. The fourth-order valence-electron chi connectivity index (χ4n) is 4.18. The molecule has 4 aromatic rings. The summed E-state index contributed by atoms with van der Waals surface area (Å²) in [6, 6.07) is 11.1. The maximum atomic E-state index is 13.1. The number of amides is 1. The molecule has 0 radical (unpaired) electrons. The van der Waals surface area contributed by atoms with Crippen molar-refractivity contribution in [1.82, 2.24) is 25.5 Å². The number of aromatic nitrogens is 4. The number of anilines is 1. The Balaban J connectivity index is 1.86. The van der Waals surface area contributed by atoms with Crippen molar-refractivity contribution in [2.75, 3.05) is 5.73 Å². The molecule has 0 aliphatic heterocycles. The summed E-state index contributed by atoms with van der Waals surface area (Å²) in [6.45, 7) is 5.32. The summed E-state index contributed by atoms with van der Waals surface area (Å²) in [6.07, 6.45) is -4.66. The van der Waals surface area contributed by atoms with Crippen LogP contribution in [0.2, 0.25) is 5.15 Å². The molecule has 0 saturated heterocycles. The highest BCUT2D eigenvalue weighted by molar-refractivity contribution is 6.29. The third-order valence-electron chi connectivity index (χ3n) is 5.63. The molecule has 7 nitrogen and oxygen atoms in total. The maximum Gasteiger partial charge on any atom is 0.432 e. The Hall–Kier alpha value is -3.66. The molecular formula is C23H20ClF3N6O. The lowest BCUT2D eigenvalue weighted by Crippen LogP contribution is -2.45. The number of pyridine rings is 2. The zero-order valence-corrected chi connectivity index (χ0v) is 19.1. The van der Waals surface area contributed by atoms with Crippen molar-refractivity contribution in [3.8, 4) is 0 Å². The van der Waals surface area contributed by atoms with E-state index >= 15 is 0 Å². The van der Waals surface area contributed by atoms with Gasteiger partial charge >= 0.3 is 6.18 Å². The molecule has 3 aromatic heterocycles. The van der Waals surface area contributed by atoms with Crippen LogP contribution in [-0.4, -0.2) is 26.1 Å². The number of nitrogens with zero attached hydrogens (tertiary/aromatic N) is 3. The van der Waals surface area contributed by atoms with Crippen LogP contribution >= 0.6 is 11.6 Å². The van der Waals surface area contributed by atoms with Crippen molar-refractivity contribution in [2.45, 2.75) is 32.5 Å². The van der Waals surface area contributed by atoms with Gasteiger partial charge in [-0.3, -0.25) is 9.89 Å². The number of hydrogen-bond donors (Lipinski definition) is 3. The van der Waals surface area contributed by atoms with Crippen molar-refractivity contribution in [2.24, 2.45) is 0 Å². The minimum absolute atomic E-state index is 0.312. The number of rotatable bonds is 4. The molecule has 1 amide bonds. The Morgan fingerprint density at radius 3 is 2.47 bits per heavy atom. The van der Waals surface area contributed by atoms with Gasteiger partial charge in [0.05, 0.1) is 11.1 Å². The first-order valence-electron chi connectivity index (χ1n) is 10.1. The van der Waals surface area contributed by atoms with Gasteiger partial charge < -0.3 is 11.1 Å². The fourth-order valence-corrected chi connectivity index (χ4v) is 4.34. The number of nitrogen functional groups attached to an aromatic ring is 1. The SMILES string of the molecule is Cc1cc(N)nc(C)c1C(C)(NC(=O)c1cc(C(F)(F)F)[nH]n1)c1ccc2nc(Cl)ccc2c1. The third-order valence-corrected chi connectivity index (χ3v) is 5.84. The molecular weight excluding hydrogens is 469 g/mol. The molecule has 1 unspecified atom stereocenters. The van der Waals surface area contributed by atoms with Crippen LogP contribution in [0.5, 0.6) is 0 Å². The van der Waals surface area contributed by atoms with Crippen molar-refractivity contribution < 1.29 is 18.0 Å². The Morgan fingerprint density at radius 1 is 1.09 bits per heavy atom. The Labute approximate surface area is 197 Å². The van der Waals surface area contributed by atoms with Gasteiger partial charge in [-0.2, -0.15) is 18.3 Å². The maximum absolute atomic E-state index is 13.1. The molecule has 1 atom stereocenters. The van der Waals surface area contributed by atoms with Gasteiger partial charge in [0.25, 0.3) is 5.91 Å². The first-order chi connectivity index (χ1) is 15.9. The monoisotopic (exact) mass is 488 g/mol. The van der Waals surface area contributed by atoms with E-state index in [1.54, 1.807) is 44.2 Å². The second kappa shape index (κ2) is 8.28. The molecule has 0 aliphatic rings. The first-order valence-corrected chi connectivity index (χ1v) is 10.5. The van der Waals surface area contributed by atoms with Gasteiger partial charge in [-0.25, -0.2) is 9.97 Å². The lowest BCUT2D eigenvalue weighted by molar-refractivity contribution is -0.141. The number of alkyl halides is 3. The molecule has 34 heavy (non-hydrogen) atoms. The van der Waals surface area contributed by atoms with Crippen LogP contribution in [0, 0.1) is 13.8 Å². The lowest BCUT2D eigenvalue weighted by Gasteiger charge is -2.34. The van der Waals surface area contributed by atoms with Crippen LogP contribution in [-0.2, 0) is 11.7 Å². The molecule has 0 bridgehead atoms. The van der Waals surface area contributed by atoms with Gasteiger partial charge in [-0.15, -0.1) is 0 Å². The number of nitrogens with one attached hydrogen (secondary N) is 2. The van der Waals surface area contributed by atoms with E-state index in [0.29, 0.717) is 39.4 Å². The third kappa shape index (κ3) is 4.28. The Bertz CT molecular complexity index is 1390. The number of hydrogen-bond acceptors (Lipinski definition) is 5. The average molecular weight is 489 g/mol. The second-order valence-corrected chi connectivity index (χ2v) is 8.50. The number of halogens is 4. The van der Waals surface area contributed by atoms with Crippen LogP contribution in [0.25, 0.3) is 10.9 Å². The highest BCUT2D eigenvalue weighted by atomic mass is 35.5. The number of aryl methyl sites for hydroxylation is 2. The Morgan fingerprint density at radius 2 is 1.82 bits per heavy atom. The summed E-state index contributed by atoms with van der Waals surface area (Å²) >= 11 is 5.99. The predicted molar refractivity (Wildman–Crippen MR) is 122 cm³/mol. The standard InChI is InChI=1S/C23H20ClF3N6O/c1-11-8-19(28)29-12(2)20(11)22(3,14-5-6-15-13(9-14)4-7-18(24)30-15)31-21(34)16-10-17(33-32-16)23(25,26)27/h4-10H,1-3H3,(H2,28,29)(H,31,34)(H,32,33). The van der Waals surface area contributed by atoms with E-state index in [0.717, 1.165) is 10.9 Å². The molecule has 0 spiro atoms. The Kier molecular flexibility index (Phi) is 5.72. The molecule has 0 saturated carbocycles. The van der Waals surface area contributed by atoms with E-state index in [4.69, 9.17) is 17.3 Å². The zero-order valence-electron chi connectivity index (χ0n) is 18.4. The van der Waals surface area contributed by atoms with Gasteiger partial charge in [0.2, 0.25) is 0 Å². The number of benzene rings is 1. The molecule has 1 aromatic carbocycles. The largest absolute Gasteiger partial charge is 0.432 e. The minimum atomic E-state index is -4.66. The number of nitrogens with two attached hydrogens (primary N) is 1. The van der Waals surface area contributed by atoms with E-state index in [2.05, 4.69) is 20.4 Å². The predicted octanol–water partition coefficient (Wildman–Crippen LogP) is 4.92. The molecule has 0 fully saturated rings. The molecule has 3 heterocycles. The van der Waals surface area contributed by atoms with Crippen molar-refractivity contribution in [3.63, 3.8) is 0 Å². The summed E-state index contributed by atoms with van der Waals surface area (Å²) in [5, 5.41) is 9.39. The number of aromatic amines is 1. The van der Waals surface area contributed by atoms with Crippen molar-refractivity contribution in [3.05, 3.63) is 81.4 Å². The molecule has 4 N–H and O–H groups in total. The fraction of sp³-hybridized carbons (Fsp3) is 0.217. The molecule has 11 heteroatoms. The summed E-state index contributed by atoms with van der Waals surface area (Å²) in [5.74, 6) is -0.480. The van der Waals surface area contributed by atoms with E-state index in [9.17, 15) is 18.0 Å². The highest BCUT2D eigenvalue weighted by Gasteiger charge is 2.37. The zero-order chi connectivity index (χ0) is 24.8. The van der Waals surface area contributed by atoms with Crippen LogP contribution in [0.1, 0.15) is 45.5 Å². The van der Waals surface area contributed by atoms with E-state index < -0.39 is 29.0 Å². The van der Waals surface area contributed by atoms with Crippen LogP contribution in [0.15, 0.2) is 42.5 Å². The summed E-state index contributed by atoms with van der Waals surface area (Å²) < 4.78 is 39.0. The van der Waals surface area contributed by atoms with Crippen molar-refractivity contribution in [1.29, 1.82) is 0 Å². The molecule has 176 valence electrons. The van der Waals surface area contributed by atoms with Gasteiger partial charge in [0.1, 0.15) is 16.7 Å². The van der Waals surface area contributed by atoms with Gasteiger partial charge in [0.15, 0.2) is 5.69 Å². The highest BCUT2D eigenvalue weighted by Crippen LogP contribution is 2.36. The lowest BCUT2D eigenvalue weighted by atomic mass is 9.80. The summed E-state index contributed by atoms with van der Waals surface area (Å²) in [4.78, 5) is 21.7. The average Bonchev–Trinajstić information content (AvgIpc) is 3.23. The first kappa shape index (κ1) is 23.5. The van der Waals surface area contributed by atoms with Gasteiger partial charge in [0, 0.05) is 22.7 Å². The minimum Gasteiger partial charge on any atom is -0.384 e. The van der Waals surface area contributed by atoms with Gasteiger partial charge in [-0.05, 0) is 62.2 Å². The van der Waals surface area contributed by atoms with E-state index in [1.807, 2.05) is 18.1 Å². The molecule has 4 rings (SSSR count). The van der Waals surface area contributed by atoms with Crippen LogP contribution < -0.4 is 11.1 Å². The quantitative estimate of drug-likeness (QED) is 0.353. The van der Waals surface area contributed by atoms with Crippen molar-refractivity contribution >= 4 is 34.2 Å². The smallest absolute Gasteiger partial charge is 0.384 e. The molecule has 0 aliphatic carbocycles. The van der Waals surface area contributed by atoms with E-state index in [-0.39, 0.29) is 0 Å². The summed E-state index contributed by atoms with van der Waals surface area (Å²) in [5.41, 5.74) is 6.46. The number of H-pyrrole nitrogens is 1. The number of carbonyl (C=O) groups excluding carboxylic acids is 1. The second-order valence-electron chi connectivity index (χ2n) is 8.11. The number of fused-ring (bicyclic) bond motifs is 1. The van der Waals surface area contributed by atoms with Crippen LogP contribution in [0.3, 0.4) is 0 Å². The van der Waals surface area contributed by atoms with E-state index in [1.165, 1.54) is 0 Å².